The molecule has 1 aliphatic heterocycles. The van der Waals surface area contributed by atoms with Gasteiger partial charge in [0.25, 0.3) is 0 Å². The molecule has 1 aliphatic rings. The van der Waals surface area contributed by atoms with Crippen molar-refractivity contribution in [2.45, 2.75) is 38.8 Å². The van der Waals surface area contributed by atoms with E-state index in [0.29, 0.717) is 25.8 Å². The summed E-state index contributed by atoms with van der Waals surface area (Å²) in [6.07, 6.45) is -3.02. The van der Waals surface area contributed by atoms with E-state index in [9.17, 15) is 22.4 Å². The third-order valence-corrected chi connectivity index (χ3v) is 5.85. The number of hydrogen-bond donors (Lipinski definition) is 1. The van der Waals surface area contributed by atoms with Crippen LogP contribution in [0.4, 0.5) is 17.6 Å². The van der Waals surface area contributed by atoms with E-state index in [1.165, 1.54) is 24.3 Å². The fourth-order valence-corrected chi connectivity index (χ4v) is 3.99. The number of amides is 1. The smallest absolute Gasteiger partial charge is 0.356 e. The van der Waals surface area contributed by atoms with Crippen molar-refractivity contribution in [3.63, 3.8) is 0 Å². The number of rotatable bonds is 4. The van der Waals surface area contributed by atoms with Gasteiger partial charge in [-0.3, -0.25) is 4.79 Å². The van der Waals surface area contributed by atoms with Crippen molar-refractivity contribution in [1.29, 1.82) is 0 Å². The number of piperidine rings is 1. The van der Waals surface area contributed by atoms with Crippen LogP contribution >= 0.6 is 0 Å². The Balaban J connectivity index is 0.000000645. The van der Waals surface area contributed by atoms with Gasteiger partial charge < -0.3 is 19.2 Å². The van der Waals surface area contributed by atoms with E-state index in [2.05, 4.69) is 19.2 Å². The molecule has 2 unspecified atom stereocenters. The van der Waals surface area contributed by atoms with Gasteiger partial charge in [-0.2, -0.15) is 36.3 Å². The molecular formula is C30H32F4K2NO-. The first-order valence-electron chi connectivity index (χ1n) is 11.8. The van der Waals surface area contributed by atoms with Gasteiger partial charge in [0, 0.05) is 13.0 Å². The summed E-state index contributed by atoms with van der Waals surface area (Å²) in [5, 5.41) is 2.83. The quantitative estimate of drug-likeness (QED) is 0.287. The Bertz CT molecular complexity index is 1090. The summed E-state index contributed by atoms with van der Waals surface area (Å²) in [6.45, 7) is 12.6. The van der Waals surface area contributed by atoms with E-state index in [0.717, 1.165) is 16.7 Å². The zero-order valence-electron chi connectivity index (χ0n) is 22.6. The molecule has 0 radical (unpaired) electrons. The first-order chi connectivity index (χ1) is 17.1. The minimum Gasteiger partial charge on any atom is -0.356 e. The molecule has 0 saturated carbocycles. The molecule has 0 spiro atoms. The summed E-state index contributed by atoms with van der Waals surface area (Å²) >= 11 is 0. The van der Waals surface area contributed by atoms with Crippen LogP contribution in [0.2, 0.25) is 0 Å². The van der Waals surface area contributed by atoms with Gasteiger partial charge in [0.1, 0.15) is 5.82 Å². The predicted octanol–water partition coefficient (Wildman–Crippen LogP) is 1.98. The van der Waals surface area contributed by atoms with Gasteiger partial charge in [-0.15, -0.1) is 6.07 Å². The predicted molar refractivity (Wildman–Crippen MR) is 137 cm³/mol. The maximum Gasteiger partial charge on any atom is 1.00 e. The van der Waals surface area contributed by atoms with Crippen LogP contribution in [0, 0.1) is 31.5 Å². The zero-order valence-corrected chi connectivity index (χ0v) is 28.9. The van der Waals surface area contributed by atoms with Crippen molar-refractivity contribution in [2.24, 2.45) is 5.41 Å². The van der Waals surface area contributed by atoms with Crippen molar-refractivity contribution >= 4 is 5.91 Å². The standard InChI is InChI=1S/C14H10F3.C14H16FNO.C2H6.2K/c15-14(16,17)10-11-5-4-8-13(9-11)12-6-2-1-3-7-12;1-3-14(2)8-13(17)16-9-12(14)10-4-6-11(15)7-5-10;1-2;;/h1-10H;4-7,12H,1-3,8-9H2,(H,16,17);1-2H3;;/q-1;-2;;2*+1. The number of nitrogens with one attached hydrogen (secondary N) is 1. The van der Waals surface area contributed by atoms with Crippen LogP contribution < -0.4 is 108 Å². The Morgan fingerprint density at radius 3 is 2.08 bits per heavy atom. The molecule has 194 valence electrons. The van der Waals surface area contributed by atoms with Crippen LogP contribution in [0.25, 0.3) is 11.1 Å². The molecule has 0 bridgehead atoms. The van der Waals surface area contributed by atoms with Crippen LogP contribution in [0.3, 0.4) is 0 Å². The van der Waals surface area contributed by atoms with Gasteiger partial charge >= 0.3 is 109 Å². The topological polar surface area (TPSA) is 29.1 Å². The van der Waals surface area contributed by atoms with E-state index in [1.807, 2.05) is 44.2 Å². The Morgan fingerprint density at radius 2 is 1.53 bits per heavy atom. The summed E-state index contributed by atoms with van der Waals surface area (Å²) in [4.78, 5) is 11.4. The fourth-order valence-electron chi connectivity index (χ4n) is 3.99. The molecule has 2 nitrogen and oxygen atoms in total. The van der Waals surface area contributed by atoms with Crippen molar-refractivity contribution in [3.8, 4) is 11.1 Å². The number of benzene rings is 3. The Labute approximate surface area is 309 Å². The number of hydrogen-bond acceptors (Lipinski definition) is 1. The van der Waals surface area contributed by atoms with Crippen LogP contribution in [-0.4, -0.2) is 18.6 Å². The maximum atomic E-state index is 12.9. The second-order valence-electron chi connectivity index (χ2n) is 8.37. The van der Waals surface area contributed by atoms with Crippen molar-refractivity contribution in [1.82, 2.24) is 5.32 Å². The molecule has 2 atom stereocenters. The molecule has 1 saturated heterocycles. The maximum absolute atomic E-state index is 12.9. The van der Waals surface area contributed by atoms with Crippen LogP contribution in [0.1, 0.15) is 43.7 Å². The number of alkyl halides is 3. The zero-order chi connectivity index (χ0) is 26.8. The second-order valence-corrected chi connectivity index (χ2v) is 8.37. The van der Waals surface area contributed by atoms with E-state index in [1.54, 1.807) is 24.3 Å². The number of carbonyl (C=O) groups excluding carboxylic acids is 1. The van der Waals surface area contributed by atoms with Crippen molar-refractivity contribution in [3.05, 3.63) is 116 Å². The van der Waals surface area contributed by atoms with Crippen LogP contribution in [0.15, 0.2) is 78.9 Å². The van der Waals surface area contributed by atoms with Gasteiger partial charge in [-0.25, -0.2) is 10.8 Å². The molecule has 4 rings (SSSR count). The molecule has 3 aromatic carbocycles. The largest absolute Gasteiger partial charge is 1.00 e. The average Bonchev–Trinajstić information content (AvgIpc) is 2.86. The van der Waals surface area contributed by atoms with Crippen LogP contribution in [-0.2, 0) is 4.79 Å². The third-order valence-electron chi connectivity index (χ3n) is 5.85. The molecule has 1 fully saturated rings. The van der Waals surface area contributed by atoms with Crippen molar-refractivity contribution < 1.29 is 125 Å². The molecule has 3 aromatic rings. The molecule has 8 heteroatoms. The average molecular weight is 577 g/mol. The summed E-state index contributed by atoms with van der Waals surface area (Å²) < 4.78 is 49.6. The third kappa shape index (κ3) is 12.2. The van der Waals surface area contributed by atoms with Gasteiger partial charge in [0.05, 0.1) is 0 Å². The number of halogens is 4. The summed E-state index contributed by atoms with van der Waals surface area (Å²) in [5.74, 6) is -0.141. The summed E-state index contributed by atoms with van der Waals surface area (Å²) in [5.41, 5.74) is 2.47. The summed E-state index contributed by atoms with van der Waals surface area (Å²) in [6, 6.07) is 22.1. The normalized spacial score (nSPS) is 18.1. The van der Waals surface area contributed by atoms with Gasteiger partial charge in [0.15, 0.2) is 0 Å². The number of carbonyl (C=O) groups is 1. The van der Waals surface area contributed by atoms with Crippen LogP contribution in [0.5, 0.6) is 0 Å². The Hall–Kier alpha value is -0.00727. The monoisotopic (exact) mass is 576 g/mol. The molecule has 38 heavy (non-hydrogen) atoms. The SMILES string of the molecule is CC.FC(F)(F)[CH-]c1cccc(-c2ccccc2)c1.[CH2-]CC1([CH2-])CC(=O)NCC1c1ccc(F)cc1.[K+].[K+]. The van der Waals surface area contributed by atoms with Gasteiger partial charge in [-0.05, 0) is 29.2 Å². The Kier molecular flexibility index (Phi) is 18.4. The molecule has 0 aliphatic carbocycles. The Morgan fingerprint density at radius 1 is 0.947 bits per heavy atom. The first-order valence-corrected chi connectivity index (χ1v) is 11.8. The minimum absolute atomic E-state index is 0. The molecule has 1 N–H and O–H groups in total. The molecule has 1 amide bonds. The van der Waals surface area contributed by atoms with Gasteiger partial charge in [-0.1, -0.05) is 74.4 Å². The summed E-state index contributed by atoms with van der Waals surface area (Å²) in [7, 11) is 0. The molecule has 1 heterocycles. The van der Waals surface area contributed by atoms with E-state index >= 15 is 0 Å². The van der Waals surface area contributed by atoms with E-state index in [4.69, 9.17) is 0 Å². The molecular weight excluding hydrogens is 545 g/mol. The molecule has 0 aromatic heterocycles. The second kappa shape index (κ2) is 18.4. The fraction of sp³-hybridized carbons (Fsp3) is 0.267. The first kappa shape index (κ1) is 38.0. The van der Waals surface area contributed by atoms with E-state index < -0.39 is 6.18 Å². The van der Waals surface area contributed by atoms with Gasteiger partial charge in [0.2, 0.25) is 5.91 Å². The van der Waals surface area contributed by atoms with E-state index in [-0.39, 0.29) is 131 Å². The van der Waals surface area contributed by atoms with Crippen molar-refractivity contribution in [2.75, 3.05) is 6.54 Å². The minimum atomic E-state index is -4.28.